The molecule has 366 valence electrons. The van der Waals surface area contributed by atoms with Crippen LogP contribution in [0.15, 0.2) is 5.11 Å². The zero-order valence-corrected chi connectivity index (χ0v) is 38.5. The molecule has 0 aliphatic rings. The van der Waals surface area contributed by atoms with E-state index in [2.05, 4.69) is 25.6 Å². The average molecular weight is 901 g/mol. The lowest BCUT2D eigenvalue weighted by Gasteiger charge is -2.22. The molecule has 2 amide bonds. The van der Waals surface area contributed by atoms with E-state index in [1.807, 2.05) is 41.5 Å². The van der Waals surface area contributed by atoms with Crippen molar-refractivity contribution in [3.05, 3.63) is 10.4 Å². The Bertz CT molecular complexity index is 1010. The van der Waals surface area contributed by atoms with Gasteiger partial charge in [0, 0.05) is 44.2 Å². The van der Waals surface area contributed by atoms with Crippen molar-refractivity contribution in [2.75, 3.05) is 198 Å². The van der Waals surface area contributed by atoms with Crippen molar-refractivity contribution in [3.8, 4) is 0 Å². The fourth-order valence-corrected chi connectivity index (χ4v) is 4.43. The van der Waals surface area contributed by atoms with Gasteiger partial charge in [-0.1, -0.05) is 5.11 Å². The number of rotatable bonds is 45. The van der Waals surface area contributed by atoms with E-state index >= 15 is 0 Å². The zero-order valence-electron chi connectivity index (χ0n) is 38.5. The van der Waals surface area contributed by atoms with E-state index < -0.39 is 23.4 Å². The van der Waals surface area contributed by atoms with Gasteiger partial charge >= 0.3 is 12.2 Å². The molecule has 0 heterocycles. The largest absolute Gasteiger partial charge is 0.444 e. The molecule has 0 spiro atoms. The van der Waals surface area contributed by atoms with E-state index in [0.717, 1.165) is 0 Å². The molecule has 0 atom stereocenters. The number of azide groups is 1. The lowest BCUT2D eigenvalue weighted by Crippen LogP contribution is -2.34. The molecule has 62 heavy (non-hydrogen) atoms. The first-order chi connectivity index (χ1) is 29.9. The number of hydrogen-bond acceptors (Lipinski definition) is 18. The van der Waals surface area contributed by atoms with E-state index in [-0.39, 0.29) is 0 Å². The van der Waals surface area contributed by atoms with Gasteiger partial charge in [-0.2, -0.15) is 0 Å². The predicted molar refractivity (Wildman–Crippen MR) is 229 cm³/mol. The minimum absolute atomic E-state index is 0.305. The Balaban J connectivity index is 4.05. The molecule has 0 saturated carbocycles. The zero-order chi connectivity index (χ0) is 45.7. The Hall–Kier alpha value is -2.67. The quantitative estimate of drug-likeness (QED) is 0.0387. The maximum absolute atomic E-state index is 11.6. The number of nitrogens with zero attached hydrogens (tertiary/aromatic N) is 4. The van der Waals surface area contributed by atoms with Crippen LogP contribution in [0.5, 0.6) is 0 Å². The summed E-state index contributed by atoms with van der Waals surface area (Å²) in [5, 5.41) is 8.68. The molecule has 0 aliphatic heterocycles. The van der Waals surface area contributed by atoms with Gasteiger partial charge in [-0.3, -0.25) is 4.90 Å². The topological polar surface area (TPSA) is 239 Å². The average Bonchev–Trinajstić information content (AvgIpc) is 3.20. The molecule has 22 nitrogen and oxygen atoms in total. The Morgan fingerprint density at radius 3 is 0.919 bits per heavy atom. The first-order valence-electron chi connectivity index (χ1n) is 21.5. The second-order valence-corrected chi connectivity index (χ2v) is 15.0. The summed E-state index contributed by atoms with van der Waals surface area (Å²) < 4.78 is 77.2. The number of amides is 2. The summed E-state index contributed by atoms with van der Waals surface area (Å²) in [6.45, 7) is 24.7. The summed E-state index contributed by atoms with van der Waals surface area (Å²) in [5.41, 5.74) is 7.17. The Morgan fingerprint density at radius 2 is 0.661 bits per heavy atom. The van der Waals surface area contributed by atoms with Gasteiger partial charge in [0.15, 0.2) is 0 Å². The maximum Gasteiger partial charge on any atom is 0.407 e. The van der Waals surface area contributed by atoms with Gasteiger partial charge in [-0.15, -0.1) is 0 Å². The molecule has 0 aromatic carbocycles. The second-order valence-electron chi connectivity index (χ2n) is 15.0. The van der Waals surface area contributed by atoms with Gasteiger partial charge in [0.2, 0.25) is 0 Å². The number of carbonyl (C=O) groups is 2. The number of carbonyl (C=O) groups excluding carboxylic acids is 2. The molecule has 0 aliphatic carbocycles. The van der Waals surface area contributed by atoms with Crippen molar-refractivity contribution >= 4 is 12.2 Å². The van der Waals surface area contributed by atoms with Crippen LogP contribution in [0.3, 0.4) is 0 Å². The minimum atomic E-state index is -0.534. The van der Waals surface area contributed by atoms with Crippen molar-refractivity contribution in [2.24, 2.45) is 5.11 Å². The highest BCUT2D eigenvalue weighted by Crippen LogP contribution is 2.07. The molecule has 0 bridgehead atoms. The lowest BCUT2D eigenvalue weighted by molar-refractivity contribution is -0.0141. The standard InChI is InChI=1S/C40H80N6O16/c1-39(2,3)61-37(47)42-7-13-49-19-25-55-31-34-58-28-22-52-16-10-46(12-18-54-24-30-60-36-33-57-27-21-51-15-9-44-45-41)11-17-53-23-29-59-35-32-56-26-20-50-14-8-43-38(48)62-40(4,5)6/h7-36H2,1-6H3,(H,42,47)(H,43,48). The molecular formula is C40H80N6O16. The summed E-state index contributed by atoms with van der Waals surface area (Å²) >= 11 is 0. The number of nitrogens with one attached hydrogen (secondary N) is 2. The Kier molecular flexibility index (Phi) is 41.7. The van der Waals surface area contributed by atoms with E-state index in [9.17, 15) is 9.59 Å². The van der Waals surface area contributed by atoms with Crippen molar-refractivity contribution in [2.45, 2.75) is 52.7 Å². The first kappa shape index (κ1) is 59.3. The van der Waals surface area contributed by atoms with E-state index in [4.69, 9.17) is 71.8 Å². The van der Waals surface area contributed by atoms with Gasteiger partial charge in [-0.25, -0.2) is 9.59 Å². The predicted octanol–water partition coefficient (Wildman–Crippen LogP) is 2.85. The maximum atomic E-state index is 11.6. The highest BCUT2D eigenvalue weighted by Gasteiger charge is 2.16. The van der Waals surface area contributed by atoms with Crippen LogP contribution in [0.4, 0.5) is 9.59 Å². The van der Waals surface area contributed by atoms with Crippen LogP contribution in [0.2, 0.25) is 0 Å². The third-order valence-corrected chi connectivity index (χ3v) is 7.23. The highest BCUT2D eigenvalue weighted by molar-refractivity contribution is 5.67. The molecule has 0 fully saturated rings. The molecule has 0 saturated heterocycles. The van der Waals surface area contributed by atoms with Crippen molar-refractivity contribution in [1.82, 2.24) is 15.5 Å². The third kappa shape index (κ3) is 50.0. The molecule has 22 heteroatoms. The molecule has 0 radical (unpaired) electrons. The van der Waals surface area contributed by atoms with E-state index in [0.29, 0.717) is 198 Å². The van der Waals surface area contributed by atoms with E-state index in [1.54, 1.807) is 0 Å². The number of alkyl carbamates (subject to hydrolysis) is 2. The Labute approximate surface area is 369 Å². The molecule has 0 rings (SSSR count). The van der Waals surface area contributed by atoms with Crippen LogP contribution in [0.25, 0.3) is 10.4 Å². The van der Waals surface area contributed by atoms with E-state index in [1.165, 1.54) is 0 Å². The summed E-state index contributed by atoms with van der Waals surface area (Å²) in [6.07, 6.45) is -0.933. The fourth-order valence-electron chi connectivity index (χ4n) is 4.43. The second kappa shape index (κ2) is 43.6. The Morgan fingerprint density at radius 1 is 0.419 bits per heavy atom. The monoisotopic (exact) mass is 901 g/mol. The lowest BCUT2D eigenvalue weighted by atomic mass is 10.2. The molecule has 2 N–H and O–H groups in total. The smallest absolute Gasteiger partial charge is 0.407 e. The summed E-state index contributed by atoms with van der Waals surface area (Å²) in [6, 6.07) is 0. The molecule has 0 unspecified atom stereocenters. The van der Waals surface area contributed by atoms with Gasteiger partial charge in [0.05, 0.1) is 159 Å². The summed E-state index contributed by atoms with van der Waals surface area (Å²) in [7, 11) is 0. The van der Waals surface area contributed by atoms with Crippen LogP contribution in [-0.4, -0.2) is 226 Å². The number of hydrogen-bond donors (Lipinski definition) is 2. The third-order valence-electron chi connectivity index (χ3n) is 7.23. The van der Waals surface area contributed by atoms with Crippen LogP contribution >= 0.6 is 0 Å². The summed E-state index contributed by atoms with van der Waals surface area (Å²) in [5.74, 6) is 0. The fraction of sp³-hybridized carbons (Fsp3) is 0.950. The molecular weight excluding hydrogens is 820 g/mol. The van der Waals surface area contributed by atoms with Crippen LogP contribution in [0.1, 0.15) is 41.5 Å². The first-order valence-corrected chi connectivity index (χ1v) is 21.5. The van der Waals surface area contributed by atoms with Gasteiger partial charge in [-0.05, 0) is 47.1 Å². The van der Waals surface area contributed by atoms with Crippen LogP contribution in [0, 0.1) is 0 Å². The van der Waals surface area contributed by atoms with Crippen molar-refractivity contribution in [3.63, 3.8) is 0 Å². The van der Waals surface area contributed by atoms with Gasteiger partial charge in [0.1, 0.15) is 11.2 Å². The number of ether oxygens (including phenoxy) is 14. The molecule has 0 aromatic heterocycles. The van der Waals surface area contributed by atoms with Crippen LogP contribution < -0.4 is 10.6 Å². The normalized spacial score (nSPS) is 11.8. The summed E-state index contributed by atoms with van der Waals surface area (Å²) in [4.78, 5) is 28.1. The van der Waals surface area contributed by atoms with Crippen molar-refractivity contribution < 1.29 is 75.9 Å². The minimum Gasteiger partial charge on any atom is -0.444 e. The molecule has 0 aromatic rings. The van der Waals surface area contributed by atoms with Crippen LogP contribution in [-0.2, 0) is 66.3 Å². The highest BCUT2D eigenvalue weighted by atomic mass is 16.6. The van der Waals surface area contributed by atoms with Crippen molar-refractivity contribution in [1.29, 1.82) is 0 Å². The van der Waals surface area contributed by atoms with Gasteiger partial charge < -0.3 is 76.9 Å². The SMILES string of the molecule is CC(C)(C)OC(=O)NCCOCCOCCOCCOCCN(CCOCCOCCOCCOCCN=[N+]=[N-])CCOCCOCCOCCOCCNC(=O)OC(C)(C)C. The van der Waals surface area contributed by atoms with Gasteiger partial charge in [0.25, 0.3) is 0 Å².